The zero-order valence-electron chi connectivity index (χ0n) is 11.1. The number of rotatable bonds is 4. The number of aromatic nitrogens is 2. The SMILES string of the molecule is Cc1csc(CNCc2ccc(Br)c3cccnc23)n1. The third-order valence-electron chi connectivity index (χ3n) is 3.06. The number of halogens is 1. The molecule has 3 nitrogen and oxygen atoms in total. The minimum absolute atomic E-state index is 0.791. The van der Waals surface area contributed by atoms with Crippen LogP contribution in [-0.4, -0.2) is 9.97 Å². The number of pyridine rings is 1. The molecule has 0 atom stereocenters. The molecule has 0 saturated carbocycles. The van der Waals surface area contributed by atoms with E-state index in [-0.39, 0.29) is 0 Å². The minimum Gasteiger partial charge on any atom is -0.306 e. The summed E-state index contributed by atoms with van der Waals surface area (Å²) in [6.45, 7) is 3.61. The molecule has 0 saturated heterocycles. The van der Waals surface area contributed by atoms with Crippen molar-refractivity contribution >= 4 is 38.2 Å². The third kappa shape index (κ3) is 2.90. The van der Waals surface area contributed by atoms with E-state index >= 15 is 0 Å². The second kappa shape index (κ2) is 5.99. The van der Waals surface area contributed by atoms with E-state index in [1.807, 2.05) is 19.2 Å². The van der Waals surface area contributed by atoms with Gasteiger partial charge in [0.1, 0.15) is 5.01 Å². The van der Waals surface area contributed by atoms with E-state index < -0.39 is 0 Å². The maximum absolute atomic E-state index is 4.49. The van der Waals surface area contributed by atoms with Gasteiger partial charge in [0.2, 0.25) is 0 Å². The molecule has 102 valence electrons. The van der Waals surface area contributed by atoms with E-state index in [1.165, 1.54) is 5.56 Å². The van der Waals surface area contributed by atoms with Gasteiger partial charge in [-0.05, 0) is 24.6 Å². The highest BCUT2D eigenvalue weighted by molar-refractivity contribution is 9.10. The van der Waals surface area contributed by atoms with E-state index in [4.69, 9.17) is 0 Å². The van der Waals surface area contributed by atoms with Gasteiger partial charge in [-0.1, -0.05) is 28.1 Å². The number of hydrogen-bond acceptors (Lipinski definition) is 4. The Kier molecular flexibility index (Phi) is 4.10. The molecule has 2 aromatic heterocycles. The highest BCUT2D eigenvalue weighted by Crippen LogP contribution is 2.25. The Morgan fingerprint density at radius 1 is 1.25 bits per heavy atom. The third-order valence-corrected chi connectivity index (χ3v) is 4.72. The van der Waals surface area contributed by atoms with Crippen molar-refractivity contribution < 1.29 is 0 Å². The van der Waals surface area contributed by atoms with Crippen LogP contribution in [0.3, 0.4) is 0 Å². The van der Waals surface area contributed by atoms with E-state index in [1.54, 1.807) is 11.3 Å². The average molecular weight is 348 g/mol. The fourth-order valence-electron chi connectivity index (χ4n) is 2.13. The topological polar surface area (TPSA) is 37.8 Å². The van der Waals surface area contributed by atoms with Crippen LogP contribution in [-0.2, 0) is 13.1 Å². The molecule has 0 bridgehead atoms. The lowest BCUT2D eigenvalue weighted by Crippen LogP contribution is -2.13. The summed E-state index contributed by atoms with van der Waals surface area (Å²) in [5, 5.41) is 7.78. The van der Waals surface area contributed by atoms with Crippen LogP contribution < -0.4 is 5.32 Å². The summed E-state index contributed by atoms with van der Waals surface area (Å²) in [7, 11) is 0. The van der Waals surface area contributed by atoms with Crippen LogP contribution >= 0.6 is 27.3 Å². The van der Waals surface area contributed by atoms with Crippen LogP contribution in [0.15, 0.2) is 40.3 Å². The van der Waals surface area contributed by atoms with Crippen molar-refractivity contribution in [1.82, 2.24) is 15.3 Å². The van der Waals surface area contributed by atoms with Crippen molar-refractivity contribution in [3.8, 4) is 0 Å². The van der Waals surface area contributed by atoms with E-state index in [9.17, 15) is 0 Å². The van der Waals surface area contributed by atoms with Gasteiger partial charge < -0.3 is 5.32 Å². The molecular weight excluding hydrogens is 334 g/mol. The molecular formula is C15H14BrN3S. The zero-order chi connectivity index (χ0) is 13.9. The average Bonchev–Trinajstić information content (AvgIpc) is 2.87. The number of benzene rings is 1. The standard InChI is InChI=1S/C15H14BrN3S/c1-10-9-20-14(19-10)8-17-7-11-4-5-13(16)12-3-2-6-18-15(11)12/h2-6,9,17H,7-8H2,1H3. The molecule has 0 amide bonds. The predicted molar refractivity (Wildman–Crippen MR) is 86.8 cm³/mol. The molecule has 1 aromatic carbocycles. The van der Waals surface area contributed by atoms with E-state index in [2.05, 4.69) is 54.8 Å². The fourth-order valence-corrected chi connectivity index (χ4v) is 3.32. The van der Waals surface area contributed by atoms with Gasteiger partial charge in [0, 0.05) is 40.2 Å². The Morgan fingerprint density at radius 3 is 2.95 bits per heavy atom. The summed E-state index contributed by atoms with van der Waals surface area (Å²) in [4.78, 5) is 8.94. The normalized spacial score (nSPS) is 11.1. The van der Waals surface area contributed by atoms with Gasteiger partial charge in [0.15, 0.2) is 0 Å². The highest BCUT2D eigenvalue weighted by Gasteiger charge is 2.05. The number of nitrogens with one attached hydrogen (secondary N) is 1. The van der Waals surface area contributed by atoms with Crippen molar-refractivity contribution in [1.29, 1.82) is 0 Å². The lowest BCUT2D eigenvalue weighted by atomic mass is 10.1. The predicted octanol–water partition coefficient (Wildman–Crippen LogP) is 4.05. The Labute approximate surface area is 130 Å². The van der Waals surface area contributed by atoms with E-state index in [0.29, 0.717) is 0 Å². The fraction of sp³-hybridized carbons (Fsp3) is 0.200. The van der Waals surface area contributed by atoms with E-state index in [0.717, 1.165) is 39.2 Å². The van der Waals surface area contributed by atoms with Gasteiger partial charge in [0.25, 0.3) is 0 Å². The molecule has 2 heterocycles. The summed E-state index contributed by atoms with van der Waals surface area (Å²) in [6.07, 6.45) is 1.84. The van der Waals surface area contributed by atoms with Crippen LogP contribution in [0.25, 0.3) is 10.9 Å². The summed E-state index contributed by atoms with van der Waals surface area (Å²) < 4.78 is 1.08. The minimum atomic E-state index is 0.791. The van der Waals surface area contributed by atoms with Gasteiger partial charge >= 0.3 is 0 Å². The number of aryl methyl sites for hydroxylation is 1. The molecule has 3 rings (SSSR count). The molecule has 5 heteroatoms. The summed E-state index contributed by atoms with van der Waals surface area (Å²) >= 11 is 5.26. The highest BCUT2D eigenvalue weighted by atomic mass is 79.9. The molecule has 3 aromatic rings. The second-order valence-electron chi connectivity index (χ2n) is 4.59. The second-order valence-corrected chi connectivity index (χ2v) is 6.39. The largest absolute Gasteiger partial charge is 0.306 e. The molecule has 0 fully saturated rings. The van der Waals surface area contributed by atoms with Gasteiger partial charge in [-0.25, -0.2) is 4.98 Å². The van der Waals surface area contributed by atoms with Crippen LogP contribution in [0.5, 0.6) is 0 Å². The lowest BCUT2D eigenvalue weighted by Gasteiger charge is -2.08. The van der Waals surface area contributed by atoms with Gasteiger partial charge in [-0.3, -0.25) is 4.98 Å². The first kappa shape index (κ1) is 13.7. The van der Waals surface area contributed by atoms with Crippen molar-refractivity contribution in [2.75, 3.05) is 0 Å². The Bertz CT molecular complexity index is 739. The summed E-state index contributed by atoms with van der Waals surface area (Å²) in [5.41, 5.74) is 3.34. The van der Waals surface area contributed by atoms with Crippen molar-refractivity contribution in [2.45, 2.75) is 20.0 Å². The molecule has 0 aliphatic heterocycles. The Morgan fingerprint density at radius 2 is 2.15 bits per heavy atom. The lowest BCUT2D eigenvalue weighted by molar-refractivity contribution is 0.691. The Balaban J connectivity index is 1.76. The zero-order valence-corrected chi connectivity index (χ0v) is 13.5. The summed E-state index contributed by atoms with van der Waals surface area (Å²) in [6, 6.07) is 8.23. The quantitative estimate of drug-likeness (QED) is 0.773. The molecule has 0 radical (unpaired) electrons. The smallest absolute Gasteiger partial charge is 0.107 e. The summed E-state index contributed by atoms with van der Waals surface area (Å²) in [5.74, 6) is 0. The van der Waals surface area contributed by atoms with Gasteiger partial charge in [-0.2, -0.15) is 0 Å². The number of hydrogen-bond donors (Lipinski definition) is 1. The van der Waals surface area contributed by atoms with Crippen LogP contribution in [0.2, 0.25) is 0 Å². The monoisotopic (exact) mass is 347 g/mol. The molecule has 0 aliphatic rings. The van der Waals surface area contributed by atoms with Crippen LogP contribution in [0.4, 0.5) is 0 Å². The molecule has 0 aliphatic carbocycles. The van der Waals surface area contributed by atoms with Crippen LogP contribution in [0.1, 0.15) is 16.3 Å². The maximum Gasteiger partial charge on any atom is 0.107 e. The van der Waals surface area contributed by atoms with Crippen molar-refractivity contribution in [3.63, 3.8) is 0 Å². The van der Waals surface area contributed by atoms with Gasteiger partial charge in [0.05, 0.1) is 5.52 Å². The molecule has 1 N–H and O–H groups in total. The maximum atomic E-state index is 4.49. The molecule has 0 spiro atoms. The number of fused-ring (bicyclic) bond motifs is 1. The van der Waals surface area contributed by atoms with Crippen molar-refractivity contribution in [3.05, 3.63) is 56.6 Å². The van der Waals surface area contributed by atoms with Crippen molar-refractivity contribution in [2.24, 2.45) is 0 Å². The first-order valence-corrected chi connectivity index (χ1v) is 8.05. The van der Waals surface area contributed by atoms with Crippen LogP contribution in [0, 0.1) is 6.92 Å². The Hall–Kier alpha value is -1.30. The number of thiazole rings is 1. The molecule has 20 heavy (non-hydrogen) atoms. The van der Waals surface area contributed by atoms with Gasteiger partial charge in [-0.15, -0.1) is 11.3 Å². The molecule has 0 unspecified atom stereocenters. The first-order valence-electron chi connectivity index (χ1n) is 6.38. The first-order chi connectivity index (χ1) is 9.74. The number of nitrogens with zero attached hydrogens (tertiary/aromatic N) is 2.